The molecule has 1 aliphatic heterocycles. The van der Waals surface area contributed by atoms with Crippen LogP contribution < -0.4 is 4.90 Å². The molecule has 0 N–H and O–H groups in total. The number of piperazine rings is 1. The third-order valence-corrected chi connectivity index (χ3v) is 6.72. The summed E-state index contributed by atoms with van der Waals surface area (Å²) in [5.41, 5.74) is 1.47. The highest BCUT2D eigenvalue weighted by Gasteiger charge is 2.30. The smallest absolute Gasteiger partial charge is 0.243 e. The minimum absolute atomic E-state index is 0.255. The highest BCUT2D eigenvalue weighted by Crippen LogP contribution is 2.27. The Morgan fingerprint density at radius 1 is 1.00 bits per heavy atom. The third kappa shape index (κ3) is 3.27. The maximum atomic E-state index is 13.0. The SMILES string of the molecule is Cc1c(Cl)cccc1S(=O)(=O)N1CCN(c2ccc(F)cc2)CC1. The van der Waals surface area contributed by atoms with Gasteiger partial charge >= 0.3 is 0 Å². The Balaban J connectivity index is 1.76. The van der Waals surface area contributed by atoms with E-state index in [2.05, 4.69) is 4.90 Å². The molecule has 0 bridgehead atoms. The lowest BCUT2D eigenvalue weighted by Crippen LogP contribution is -2.48. The zero-order valence-corrected chi connectivity index (χ0v) is 14.8. The molecule has 1 fully saturated rings. The molecule has 1 aliphatic rings. The summed E-state index contributed by atoms with van der Waals surface area (Å²) in [5.74, 6) is -0.281. The lowest BCUT2D eigenvalue weighted by molar-refractivity contribution is 0.384. The van der Waals surface area contributed by atoms with E-state index in [1.54, 1.807) is 37.3 Å². The summed E-state index contributed by atoms with van der Waals surface area (Å²) >= 11 is 6.05. The van der Waals surface area contributed by atoms with Gasteiger partial charge in [-0.15, -0.1) is 0 Å². The molecule has 0 unspecified atom stereocenters. The second kappa shape index (κ2) is 6.70. The molecule has 0 aliphatic carbocycles. The van der Waals surface area contributed by atoms with Gasteiger partial charge in [0, 0.05) is 36.9 Å². The molecule has 1 saturated heterocycles. The monoisotopic (exact) mass is 368 g/mol. The van der Waals surface area contributed by atoms with Crippen LogP contribution >= 0.6 is 11.6 Å². The molecule has 0 radical (unpaired) electrons. The third-order valence-electron chi connectivity index (χ3n) is 4.27. The molecule has 0 saturated carbocycles. The van der Waals surface area contributed by atoms with Crippen molar-refractivity contribution < 1.29 is 12.8 Å². The van der Waals surface area contributed by atoms with E-state index < -0.39 is 10.0 Å². The van der Waals surface area contributed by atoms with E-state index in [9.17, 15) is 12.8 Å². The fraction of sp³-hybridized carbons (Fsp3) is 0.294. The Morgan fingerprint density at radius 3 is 2.25 bits per heavy atom. The van der Waals surface area contributed by atoms with E-state index in [0.29, 0.717) is 36.8 Å². The molecule has 128 valence electrons. The standard InChI is InChI=1S/C17H18ClFN2O2S/c1-13-16(18)3-2-4-17(13)24(22,23)21-11-9-20(10-12-21)15-7-5-14(19)6-8-15/h2-8H,9-12H2,1H3. The van der Waals surface area contributed by atoms with Crippen LogP contribution in [-0.4, -0.2) is 38.9 Å². The maximum Gasteiger partial charge on any atom is 0.243 e. The molecule has 3 rings (SSSR count). The molecular formula is C17H18ClFN2O2S. The molecule has 2 aromatic carbocycles. The highest BCUT2D eigenvalue weighted by molar-refractivity contribution is 7.89. The first kappa shape index (κ1) is 17.2. The van der Waals surface area contributed by atoms with Crippen molar-refractivity contribution in [1.29, 1.82) is 0 Å². The topological polar surface area (TPSA) is 40.6 Å². The predicted molar refractivity (Wildman–Crippen MR) is 93.6 cm³/mol. The fourth-order valence-electron chi connectivity index (χ4n) is 2.84. The average molecular weight is 369 g/mol. The Hall–Kier alpha value is -1.63. The molecule has 2 aromatic rings. The van der Waals surface area contributed by atoms with E-state index in [1.807, 2.05) is 0 Å². The maximum absolute atomic E-state index is 13.0. The van der Waals surface area contributed by atoms with Crippen LogP contribution in [-0.2, 0) is 10.0 Å². The minimum atomic E-state index is -3.57. The van der Waals surface area contributed by atoms with Crippen LogP contribution in [0.3, 0.4) is 0 Å². The number of halogens is 2. The van der Waals surface area contributed by atoms with E-state index in [-0.39, 0.29) is 10.7 Å². The van der Waals surface area contributed by atoms with Crippen molar-refractivity contribution >= 4 is 27.3 Å². The van der Waals surface area contributed by atoms with E-state index in [4.69, 9.17) is 11.6 Å². The van der Waals surface area contributed by atoms with Crippen LogP contribution in [0, 0.1) is 12.7 Å². The molecule has 0 atom stereocenters. The molecule has 4 nitrogen and oxygen atoms in total. The summed E-state index contributed by atoms with van der Waals surface area (Å²) < 4.78 is 40.2. The first-order valence-electron chi connectivity index (χ1n) is 7.65. The van der Waals surface area contributed by atoms with Crippen LogP contribution in [0.25, 0.3) is 0 Å². The van der Waals surface area contributed by atoms with Gasteiger partial charge in [0.15, 0.2) is 0 Å². The van der Waals surface area contributed by atoms with Gasteiger partial charge in [-0.3, -0.25) is 0 Å². The largest absolute Gasteiger partial charge is 0.369 e. The lowest BCUT2D eigenvalue weighted by Gasteiger charge is -2.35. The van der Waals surface area contributed by atoms with Gasteiger partial charge in [0.1, 0.15) is 5.82 Å². The van der Waals surface area contributed by atoms with Crippen molar-refractivity contribution in [2.45, 2.75) is 11.8 Å². The van der Waals surface area contributed by atoms with Gasteiger partial charge < -0.3 is 4.90 Å². The summed E-state index contributed by atoms with van der Waals surface area (Å²) in [4.78, 5) is 2.31. The molecule has 0 aromatic heterocycles. The van der Waals surface area contributed by atoms with Crippen LogP contribution in [0.5, 0.6) is 0 Å². The zero-order chi connectivity index (χ0) is 17.3. The van der Waals surface area contributed by atoms with Gasteiger partial charge in [-0.25, -0.2) is 12.8 Å². The van der Waals surface area contributed by atoms with Crippen LogP contribution in [0.2, 0.25) is 5.02 Å². The Bertz CT molecular complexity index is 832. The summed E-state index contributed by atoms with van der Waals surface area (Å²) in [5, 5.41) is 0.445. The quantitative estimate of drug-likeness (QED) is 0.834. The molecule has 1 heterocycles. The number of benzene rings is 2. The van der Waals surface area contributed by atoms with Gasteiger partial charge in [0.05, 0.1) is 4.90 Å². The first-order chi connectivity index (χ1) is 11.4. The molecule has 0 amide bonds. The minimum Gasteiger partial charge on any atom is -0.369 e. The van der Waals surface area contributed by atoms with Crippen molar-refractivity contribution in [3.63, 3.8) is 0 Å². The van der Waals surface area contributed by atoms with Crippen molar-refractivity contribution in [3.8, 4) is 0 Å². The van der Waals surface area contributed by atoms with Crippen molar-refractivity contribution in [1.82, 2.24) is 4.31 Å². The second-order valence-corrected chi connectivity index (χ2v) is 8.04. The van der Waals surface area contributed by atoms with Crippen molar-refractivity contribution in [3.05, 3.63) is 58.9 Å². The first-order valence-corrected chi connectivity index (χ1v) is 9.47. The fourth-order valence-corrected chi connectivity index (χ4v) is 4.74. The number of nitrogens with zero attached hydrogens (tertiary/aromatic N) is 2. The van der Waals surface area contributed by atoms with Gasteiger partial charge in [0.25, 0.3) is 0 Å². The Labute approximate surface area is 146 Å². The van der Waals surface area contributed by atoms with Gasteiger partial charge in [-0.1, -0.05) is 17.7 Å². The Kier molecular flexibility index (Phi) is 4.80. The van der Waals surface area contributed by atoms with Crippen LogP contribution in [0.15, 0.2) is 47.4 Å². The van der Waals surface area contributed by atoms with Crippen LogP contribution in [0.1, 0.15) is 5.56 Å². The zero-order valence-electron chi connectivity index (χ0n) is 13.2. The van der Waals surface area contributed by atoms with Crippen molar-refractivity contribution in [2.75, 3.05) is 31.1 Å². The Morgan fingerprint density at radius 2 is 1.62 bits per heavy atom. The van der Waals surface area contributed by atoms with E-state index in [1.165, 1.54) is 16.4 Å². The number of hydrogen-bond donors (Lipinski definition) is 0. The highest BCUT2D eigenvalue weighted by atomic mass is 35.5. The van der Waals surface area contributed by atoms with Crippen LogP contribution in [0.4, 0.5) is 10.1 Å². The normalized spacial score (nSPS) is 16.4. The molecular weight excluding hydrogens is 351 g/mol. The number of anilines is 1. The summed E-state index contributed by atoms with van der Waals surface area (Å²) in [6, 6.07) is 11.2. The molecule has 7 heteroatoms. The number of sulfonamides is 1. The molecule has 24 heavy (non-hydrogen) atoms. The average Bonchev–Trinajstić information content (AvgIpc) is 2.58. The predicted octanol–water partition coefficient (Wildman–Crippen LogP) is 3.30. The van der Waals surface area contributed by atoms with Gasteiger partial charge in [-0.05, 0) is 48.9 Å². The summed E-state index contributed by atoms with van der Waals surface area (Å²) in [6.07, 6.45) is 0. The lowest BCUT2D eigenvalue weighted by atomic mass is 10.2. The molecule has 0 spiro atoms. The van der Waals surface area contributed by atoms with E-state index >= 15 is 0 Å². The van der Waals surface area contributed by atoms with Crippen molar-refractivity contribution in [2.24, 2.45) is 0 Å². The number of rotatable bonds is 3. The van der Waals surface area contributed by atoms with E-state index in [0.717, 1.165) is 5.69 Å². The second-order valence-electron chi connectivity index (χ2n) is 5.73. The summed E-state index contributed by atoms with van der Waals surface area (Å²) in [7, 11) is -3.57. The van der Waals surface area contributed by atoms with Gasteiger partial charge in [-0.2, -0.15) is 4.31 Å². The summed E-state index contributed by atoms with van der Waals surface area (Å²) in [6.45, 7) is 3.59. The number of hydrogen-bond acceptors (Lipinski definition) is 3. The van der Waals surface area contributed by atoms with Gasteiger partial charge in [0.2, 0.25) is 10.0 Å².